The van der Waals surface area contributed by atoms with E-state index in [2.05, 4.69) is 10.2 Å². The summed E-state index contributed by atoms with van der Waals surface area (Å²) < 4.78 is 46.0. The van der Waals surface area contributed by atoms with Crippen LogP contribution in [-0.2, 0) is 22.3 Å². The normalized spacial score (nSPS) is 24.7. The van der Waals surface area contributed by atoms with Gasteiger partial charge in [-0.3, -0.25) is 9.69 Å². The van der Waals surface area contributed by atoms with Gasteiger partial charge >= 0.3 is 6.18 Å². The van der Waals surface area contributed by atoms with Gasteiger partial charge in [0.05, 0.1) is 11.2 Å². The molecule has 0 aromatic heterocycles. The third-order valence-electron chi connectivity index (χ3n) is 6.88. The lowest BCUT2D eigenvalue weighted by atomic mass is 9.78. The summed E-state index contributed by atoms with van der Waals surface area (Å²) in [5.74, 6) is 0.984. The molecule has 1 aromatic rings. The van der Waals surface area contributed by atoms with Gasteiger partial charge in [0, 0.05) is 38.7 Å². The highest BCUT2D eigenvalue weighted by molar-refractivity contribution is 5.80. The largest absolute Gasteiger partial charge is 0.416 e. The molecule has 1 N–H and O–H groups in total. The van der Waals surface area contributed by atoms with Gasteiger partial charge in [0.25, 0.3) is 0 Å². The Bertz CT molecular complexity index is 740. The Morgan fingerprint density at radius 2 is 1.90 bits per heavy atom. The molecule has 2 aliphatic heterocycles. The average molecular weight is 425 g/mol. The van der Waals surface area contributed by atoms with Crippen molar-refractivity contribution in [2.75, 3.05) is 26.2 Å². The summed E-state index contributed by atoms with van der Waals surface area (Å²) in [5.41, 5.74) is -0.342. The van der Waals surface area contributed by atoms with E-state index >= 15 is 0 Å². The SMILES string of the molecule is O=C(NCCC1CCOC2(CCN(Cc3ccccc3C(F)(F)F)CC2)C1)C1CC1. The molecule has 1 amide bonds. The number of piperidine rings is 1. The number of rotatable bonds is 6. The predicted molar refractivity (Wildman–Crippen MR) is 108 cm³/mol. The van der Waals surface area contributed by atoms with E-state index in [9.17, 15) is 18.0 Å². The Morgan fingerprint density at radius 3 is 2.60 bits per heavy atom. The number of carbonyl (C=O) groups excluding carboxylic acids is 1. The van der Waals surface area contributed by atoms with E-state index in [0.29, 0.717) is 18.0 Å². The van der Waals surface area contributed by atoms with Gasteiger partial charge in [-0.15, -0.1) is 0 Å². The molecule has 30 heavy (non-hydrogen) atoms. The van der Waals surface area contributed by atoms with Crippen LogP contribution in [0.25, 0.3) is 0 Å². The molecule has 7 heteroatoms. The summed E-state index contributed by atoms with van der Waals surface area (Å²) in [5, 5.41) is 3.06. The zero-order valence-corrected chi connectivity index (χ0v) is 17.3. The monoisotopic (exact) mass is 424 g/mol. The first-order valence-electron chi connectivity index (χ1n) is 11.1. The lowest BCUT2D eigenvalue weighted by molar-refractivity contribution is -0.139. The molecule has 1 aromatic carbocycles. The standard InChI is InChI=1S/C23H31F3N2O2/c24-23(25,26)20-4-2-1-3-19(20)16-28-12-9-22(10-13-28)15-17(8-14-30-22)7-11-27-21(29)18-5-6-18/h1-4,17-18H,5-16H2,(H,27,29). The van der Waals surface area contributed by atoms with Crippen molar-refractivity contribution in [1.82, 2.24) is 10.2 Å². The van der Waals surface area contributed by atoms with Gasteiger partial charge in [-0.25, -0.2) is 0 Å². The molecule has 0 radical (unpaired) electrons. The van der Waals surface area contributed by atoms with Gasteiger partial charge in [0.15, 0.2) is 0 Å². The van der Waals surface area contributed by atoms with E-state index in [1.54, 1.807) is 12.1 Å². The number of ether oxygens (including phenoxy) is 1. The Morgan fingerprint density at radius 1 is 1.17 bits per heavy atom. The Hall–Kier alpha value is -1.60. The first-order chi connectivity index (χ1) is 14.3. The summed E-state index contributed by atoms with van der Waals surface area (Å²) in [6.07, 6.45) is 2.42. The third kappa shape index (κ3) is 5.35. The molecule has 2 saturated heterocycles. The predicted octanol–water partition coefficient (Wildman–Crippen LogP) is 4.38. The van der Waals surface area contributed by atoms with Crippen LogP contribution in [0.2, 0.25) is 0 Å². The molecule has 1 aliphatic carbocycles. The van der Waals surface area contributed by atoms with Crippen LogP contribution in [0, 0.1) is 11.8 Å². The molecule has 0 bridgehead atoms. The van der Waals surface area contributed by atoms with Crippen molar-refractivity contribution in [2.45, 2.75) is 63.3 Å². The molecule has 1 saturated carbocycles. The molecule has 4 rings (SSSR count). The maximum atomic E-state index is 13.3. The fourth-order valence-corrected chi connectivity index (χ4v) is 4.91. The van der Waals surface area contributed by atoms with Gasteiger partial charge in [-0.2, -0.15) is 13.2 Å². The first-order valence-corrected chi connectivity index (χ1v) is 11.1. The van der Waals surface area contributed by atoms with Crippen molar-refractivity contribution in [3.8, 4) is 0 Å². The van der Waals surface area contributed by atoms with E-state index in [-0.39, 0.29) is 17.4 Å². The van der Waals surface area contributed by atoms with E-state index in [1.165, 1.54) is 6.07 Å². The Kier molecular flexibility index (Phi) is 6.39. The zero-order valence-electron chi connectivity index (χ0n) is 17.3. The van der Waals surface area contributed by atoms with Gasteiger partial charge in [-0.1, -0.05) is 18.2 Å². The van der Waals surface area contributed by atoms with Crippen molar-refractivity contribution in [3.05, 3.63) is 35.4 Å². The molecule has 3 fully saturated rings. The molecular formula is C23H31F3N2O2. The molecule has 1 spiro atoms. The minimum atomic E-state index is -4.32. The van der Waals surface area contributed by atoms with Crippen LogP contribution < -0.4 is 5.32 Å². The van der Waals surface area contributed by atoms with Crippen LogP contribution >= 0.6 is 0 Å². The quantitative estimate of drug-likeness (QED) is 0.737. The number of benzene rings is 1. The van der Waals surface area contributed by atoms with Crippen molar-refractivity contribution in [1.29, 1.82) is 0 Å². The molecule has 166 valence electrons. The molecule has 1 atom stereocenters. The topological polar surface area (TPSA) is 41.6 Å². The fourth-order valence-electron chi connectivity index (χ4n) is 4.91. The maximum Gasteiger partial charge on any atom is 0.416 e. The minimum Gasteiger partial charge on any atom is -0.375 e. The summed E-state index contributed by atoms with van der Waals surface area (Å²) >= 11 is 0. The average Bonchev–Trinajstić information content (AvgIpc) is 3.55. The number of carbonyl (C=O) groups is 1. The Balaban J connectivity index is 1.27. The van der Waals surface area contributed by atoms with Crippen molar-refractivity contribution < 1.29 is 22.7 Å². The highest BCUT2D eigenvalue weighted by Gasteiger charge is 2.41. The second-order valence-electron chi connectivity index (χ2n) is 9.18. The van der Waals surface area contributed by atoms with Crippen LogP contribution in [0.5, 0.6) is 0 Å². The Labute approximate surface area is 176 Å². The van der Waals surface area contributed by atoms with E-state index < -0.39 is 11.7 Å². The lowest BCUT2D eigenvalue weighted by Gasteiger charge is -2.46. The minimum absolute atomic E-state index is 0.149. The summed E-state index contributed by atoms with van der Waals surface area (Å²) in [6, 6.07) is 5.86. The fraction of sp³-hybridized carbons (Fsp3) is 0.696. The molecule has 1 unspecified atom stereocenters. The van der Waals surface area contributed by atoms with Gasteiger partial charge in [-0.05, 0) is 62.5 Å². The lowest BCUT2D eigenvalue weighted by Crippen LogP contribution is -2.49. The van der Waals surface area contributed by atoms with Crippen LogP contribution in [-0.4, -0.2) is 42.6 Å². The second-order valence-corrected chi connectivity index (χ2v) is 9.18. The highest BCUT2D eigenvalue weighted by Crippen LogP contribution is 2.39. The van der Waals surface area contributed by atoms with E-state index in [1.807, 2.05) is 0 Å². The number of hydrogen-bond acceptors (Lipinski definition) is 3. The van der Waals surface area contributed by atoms with Crippen LogP contribution in [0.15, 0.2) is 24.3 Å². The van der Waals surface area contributed by atoms with Crippen molar-refractivity contribution in [3.63, 3.8) is 0 Å². The maximum absolute atomic E-state index is 13.3. The number of amides is 1. The number of hydrogen-bond donors (Lipinski definition) is 1. The second kappa shape index (κ2) is 8.87. The highest BCUT2D eigenvalue weighted by atomic mass is 19.4. The van der Waals surface area contributed by atoms with Crippen LogP contribution in [0.3, 0.4) is 0 Å². The van der Waals surface area contributed by atoms with Gasteiger partial charge in [0.1, 0.15) is 0 Å². The summed E-state index contributed by atoms with van der Waals surface area (Å²) in [4.78, 5) is 13.9. The molecule has 4 nitrogen and oxygen atoms in total. The summed E-state index contributed by atoms with van der Waals surface area (Å²) in [6.45, 7) is 3.28. The zero-order chi connectivity index (χ0) is 21.2. The third-order valence-corrected chi connectivity index (χ3v) is 6.88. The van der Waals surface area contributed by atoms with E-state index in [4.69, 9.17) is 4.74 Å². The molecular weight excluding hydrogens is 393 g/mol. The van der Waals surface area contributed by atoms with Gasteiger partial charge < -0.3 is 10.1 Å². The smallest absolute Gasteiger partial charge is 0.375 e. The summed E-state index contributed by atoms with van der Waals surface area (Å²) in [7, 11) is 0. The molecule has 3 aliphatic rings. The number of likely N-dealkylation sites (tertiary alicyclic amines) is 1. The van der Waals surface area contributed by atoms with Gasteiger partial charge in [0.2, 0.25) is 5.91 Å². The molecule has 2 heterocycles. The first kappa shape index (κ1) is 21.6. The van der Waals surface area contributed by atoms with Crippen LogP contribution in [0.4, 0.5) is 13.2 Å². The van der Waals surface area contributed by atoms with Crippen molar-refractivity contribution in [2.24, 2.45) is 11.8 Å². The number of halogens is 3. The number of nitrogens with one attached hydrogen (secondary N) is 1. The van der Waals surface area contributed by atoms with Crippen LogP contribution in [0.1, 0.15) is 56.1 Å². The van der Waals surface area contributed by atoms with Crippen molar-refractivity contribution >= 4 is 5.91 Å². The number of alkyl halides is 3. The van der Waals surface area contributed by atoms with E-state index in [0.717, 1.165) is 77.3 Å². The number of nitrogens with zero attached hydrogens (tertiary/aromatic N) is 1.